The van der Waals surface area contributed by atoms with Crippen LogP contribution in [-0.4, -0.2) is 45.9 Å². The Morgan fingerprint density at radius 2 is 2.13 bits per heavy atom. The van der Waals surface area contributed by atoms with E-state index in [1.807, 2.05) is 12.1 Å². The molecule has 3 aromatic rings. The number of nitrogens with two attached hydrogens (primary N) is 1. The Bertz CT molecular complexity index is 1080. The Morgan fingerprint density at radius 3 is 2.90 bits per heavy atom. The molecule has 7 heteroatoms. The number of nitrogen functional groups attached to an aromatic ring is 1. The summed E-state index contributed by atoms with van der Waals surface area (Å²) < 4.78 is 14.6. The first kappa shape index (κ1) is 18.2. The Labute approximate surface area is 175 Å². The molecule has 7 nitrogen and oxygen atoms in total. The lowest BCUT2D eigenvalue weighted by Crippen LogP contribution is -2.32. The Morgan fingerprint density at radius 1 is 1.23 bits per heavy atom. The molecule has 1 unspecified atom stereocenters. The number of hydrogen-bond donors (Lipinski definition) is 2. The van der Waals surface area contributed by atoms with Gasteiger partial charge in [0.2, 0.25) is 0 Å². The minimum absolute atomic E-state index is 0.0789. The maximum atomic E-state index is 6.30. The van der Waals surface area contributed by atoms with Crippen molar-refractivity contribution in [3.05, 3.63) is 36.8 Å². The molecule has 2 aromatic heterocycles. The lowest BCUT2D eigenvalue weighted by Gasteiger charge is -2.24. The van der Waals surface area contributed by atoms with Crippen LogP contribution in [0.15, 0.2) is 36.8 Å². The average Bonchev–Trinajstić information content (AvgIpc) is 3.56. The van der Waals surface area contributed by atoms with Gasteiger partial charge < -0.3 is 25.1 Å². The molecule has 156 valence electrons. The summed E-state index contributed by atoms with van der Waals surface area (Å²) in [6, 6.07) is 8.62. The summed E-state index contributed by atoms with van der Waals surface area (Å²) in [6.45, 7) is 2.58. The van der Waals surface area contributed by atoms with Gasteiger partial charge in [0.15, 0.2) is 0 Å². The van der Waals surface area contributed by atoms with Crippen LogP contribution in [0.4, 0.5) is 5.82 Å². The van der Waals surface area contributed by atoms with E-state index in [1.54, 1.807) is 6.33 Å². The highest BCUT2D eigenvalue weighted by atomic mass is 16.6. The number of fused-ring (bicyclic) bond motifs is 3. The van der Waals surface area contributed by atoms with E-state index in [1.165, 1.54) is 0 Å². The van der Waals surface area contributed by atoms with Crippen molar-refractivity contribution in [1.82, 2.24) is 19.9 Å². The second-order valence-corrected chi connectivity index (χ2v) is 8.87. The lowest BCUT2D eigenvalue weighted by molar-refractivity contribution is -0.0198. The normalized spacial score (nSPS) is 27.9. The number of ether oxygens (including phenoxy) is 2. The summed E-state index contributed by atoms with van der Waals surface area (Å²) in [4.78, 5) is 8.82. The van der Waals surface area contributed by atoms with E-state index in [-0.39, 0.29) is 5.60 Å². The van der Waals surface area contributed by atoms with Crippen LogP contribution >= 0.6 is 0 Å². The summed E-state index contributed by atoms with van der Waals surface area (Å²) in [6.07, 6.45) is 9.79. The third kappa shape index (κ3) is 2.96. The summed E-state index contributed by atoms with van der Waals surface area (Å²) in [5.41, 5.74) is 9.24. The molecule has 1 atom stereocenters. The SMILES string of the molecule is Nc1ncnc2c1c(-c1cccc(OCC34CCC(CC3)O4)c1)cn2C1CCNC1. The molecule has 0 spiro atoms. The molecular weight excluding hydrogens is 378 g/mol. The molecule has 30 heavy (non-hydrogen) atoms. The van der Waals surface area contributed by atoms with Crippen molar-refractivity contribution in [3.8, 4) is 16.9 Å². The third-order valence-corrected chi connectivity index (χ3v) is 6.97. The summed E-state index contributed by atoms with van der Waals surface area (Å²) >= 11 is 0. The van der Waals surface area contributed by atoms with E-state index < -0.39 is 0 Å². The molecule has 3 fully saturated rings. The molecule has 3 N–H and O–H groups in total. The van der Waals surface area contributed by atoms with Crippen LogP contribution in [0.2, 0.25) is 0 Å². The molecule has 3 aliphatic rings. The topological polar surface area (TPSA) is 87.2 Å². The number of aromatic nitrogens is 3. The van der Waals surface area contributed by atoms with Gasteiger partial charge >= 0.3 is 0 Å². The van der Waals surface area contributed by atoms with Gasteiger partial charge in [-0.3, -0.25) is 0 Å². The van der Waals surface area contributed by atoms with Gasteiger partial charge in [-0.1, -0.05) is 12.1 Å². The van der Waals surface area contributed by atoms with Gasteiger partial charge in [0.1, 0.15) is 35.7 Å². The van der Waals surface area contributed by atoms with E-state index in [9.17, 15) is 0 Å². The molecule has 0 radical (unpaired) electrons. The van der Waals surface area contributed by atoms with Gasteiger partial charge in [0, 0.05) is 24.3 Å². The van der Waals surface area contributed by atoms with Crippen molar-refractivity contribution in [2.24, 2.45) is 0 Å². The fourth-order valence-electron chi connectivity index (χ4n) is 5.34. The van der Waals surface area contributed by atoms with Crippen LogP contribution in [0.5, 0.6) is 5.75 Å². The quantitative estimate of drug-likeness (QED) is 0.677. The van der Waals surface area contributed by atoms with Crippen LogP contribution in [0, 0.1) is 0 Å². The predicted molar refractivity (Wildman–Crippen MR) is 115 cm³/mol. The number of benzene rings is 1. The number of rotatable bonds is 5. The molecule has 3 aliphatic heterocycles. The second-order valence-electron chi connectivity index (χ2n) is 8.87. The molecule has 2 bridgehead atoms. The second kappa shape index (κ2) is 6.96. The van der Waals surface area contributed by atoms with Crippen LogP contribution < -0.4 is 15.8 Å². The highest BCUT2D eigenvalue weighted by Crippen LogP contribution is 2.44. The minimum Gasteiger partial charge on any atom is -0.491 e. The maximum absolute atomic E-state index is 6.30. The monoisotopic (exact) mass is 405 g/mol. The largest absolute Gasteiger partial charge is 0.491 e. The van der Waals surface area contributed by atoms with Crippen LogP contribution in [0.25, 0.3) is 22.2 Å². The maximum Gasteiger partial charge on any atom is 0.146 e. The highest BCUT2D eigenvalue weighted by Gasteiger charge is 2.46. The summed E-state index contributed by atoms with van der Waals surface area (Å²) in [5, 5.41) is 4.35. The van der Waals surface area contributed by atoms with Crippen molar-refractivity contribution in [1.29, 1.82) is 0 Å². The van der Waals surface area contributed by atoms with Crippen molar-refractivity contribution >= 4 is 16.9 Å². The average molecular weight is 406 g/mol. The van der Waals surface area contributed by atoms with Crippen molar-refractivity contribution < 1.29 is 9.47 Å². The zero-order chi connectivity index (χ0) is 20.1. The number of nitrogens with zero attached hydrogens (tertiary/aromatic N) is 3. The Hall–Kier alpha value is -2.64. The van der Waals surface area contributed by atoms with Gasteiger partial charge in [-0.2, -0.15) is 0 Å². The van der Waals surface area contributed by atoms with Gasteiger partial charge in [-0.05, 0) is 56.3 Å². The van der Waals surface area contributed by atoms with Crippen LogP contribution in [-0.2, 0) is 4.74 Å². The number of anilines is 1. The Kier molecular flexibility index (Phi) is 4.21. The number of hydrogen-bond acceptors (Lipinski definition) is 6. The highest BCUT2D eigenvalue weighted by molar-refractivity contribution is 6.00. The molecule has 0 amide bonds. The molecule has 0 saturated carbocycles. The van der Waals surface area contributed by atoms with Crippen molar-refractivity contribution in [2.75, 3.05) is 25.4 Å². The first-order valence-electron chi connectivity index (χ1n) is 10.9. The van der Waals surface area contributed by atoms with Crippen LogP contribution in [0.1, 0.15) is 38.1 Å². The molecule has 6 rings (SSSR count). The fraction of sp³-hybridized carbons (Fsp3) is 0.478. The first-order chi connectivity index (χ1) is 14.7. The van der Waals surface area contributed by atoms with Gasteiger partial charge in [-0.15, -0.1) is 0 Å². The van der Waals surface area contributed by atoms with E-state index >= 15 is 0 Å². The molecule has 3 saturated heterocycles. The third-order valence-electron chi connectivity index (χ3n) is 6.97. The van der Waals surface area contributed by atoms with E-state index in [4.69, 9.17) is 15.2 Å². The van der Waals surface area contributed by atoms with Crippen molar-refractivity contribution in [2.45, 2.75) is 49.9 Å². The molecule has 1 aromatic carbocycles. The molecule has 0 aliphatic carbocycles. The van der Waals surface area contributed by atoms with Gasteiger partial charge in [-0.25, -0.2) is 9.97 Å². The zero-order valence-electron chi connectivity index (χ0n) is 17.0. The zero-order valence-corrected chi connectivity index (χ0v) is 17.0. The smallest absolute Gasteiger partial charge is 0.146 e. The predicted octanol–water partition coefficient (Wildman–Crippen LogP) is 3.31. The first-order valence-corrected chi connectivity index (χ1v) is 10.9. The van der Waals surface area contributed by atoms with Crippen molar-refractivity contribution in [3.63, 3.8) is 0 Å². The van der Waals surface area contributed by atoms with E-state index in [0.717, 1.165) is 73.1 Å². The summed E-state index contributed by atoms with van der Waals surface area (Å²) in [5.74, 6) is 1.38. The van der Waals surface area contributed by atoms with Crippen LogP contribution in [0.3, 0.4) is 0 Å². The fourth-order valence-corrected chi connectivity index (χ4v) is 5.34. The number of nitrogens with one attached hydrogen (secondary N) is 1. The molecular formula is C23H27N5O2. The van der Waals surface area contributed by atoms with E-state index in [0.29, 0.717) is 24.6 Å². The summed E-state index contributed by atoms with van der Waals surface area (Å²) in [7, 11) is 0. The lowest BCUT2D eigenvalue weighted by atomic mass is 9.89. The van der Waals surface area contributed by atoms with E-state index in [2.05, 4.69) is 38.2 Å². The minimum atomic E-state index is -0.0789. The molecule has 5 heterocycles. The van der Waals surface area contributed by atoms with Gasteiger partial charge in [0.05, 0.1) is 11.5 Å². The van der Waals surface area contributed by atoms with Gasteiger partial charge in [0.25, 0.3) is 0 Å². The Balaban J connectivity index is 1.34. The standard InChI is InChI=1S/C23H27N5O2/c24-21-20-19(12-28(16-6-9-25-11-16)22(20)27-14-26-21)15-2-1-3-18(10-15)29-13-23-7-4-17(30-23)5-8-23/h1-3,10,12,14,16-17,25H,4-9,11,13H2,(H2,24,26,27).